The van der Waals surface area contributed by atoms with Gasteiger partial charge < -0.3 is 0 Å². The lowest BCUT2D eigenvalue weighted by Crippen LogP contribution is -1.94. The Labute approximate surface area is 109 Å². The van der Waals surface area contributed by atoms with Gasteiger partial charge in [-0.1, -0.05) is 70.0 Å². The molecule has 0 bridgehead atoms. The van der Waals surface area contributed by atoms with Crippen LogP contribution in [0.5, 0.6) is 0 Å². The van der Waals surface area contributed by atoms with Gasteiger partial charge in [-0.2, -0.15) is 0 Å². The Bertz CT molecular complexity index is 465. The van der Waals surface area contributed by atoms with Gasteiger partial charge in [0.2, 0.25) is 0 Å². The highest BCUT2D eigenvalue weighted by atomic mass is 79.9. The second-order valence-corrected chi connectivity index (χ2v) is 4.64. The van der Waals surface area contributed by atoms with Gasteiger partial charge in [0, 0.05) is 10.4 Å². The molecule has 0 atom stereocenters. The average molecular weight is 296 g/mol. The van der Waals surface area contributed by atoms with Gasteiger partial charge in [0.25, 0.3) is 0 Å². The molecule has 0 saturated carbocycles. The molecular formula is C14H12BrCl. The van der Waals surface area contributed by atoms with E-state index in [-0.39, 0.29) is 0 Å². The molecule has 82 valence electrons. The van der Waals surface area contributed by atoms with Crippen molar-refractivity contribution in [2.75, 3.05) is 0 Å². The minimum absolute atomic E-state index is 0.800. The van der Waals surface area contributed by atoms with Crippen LogP contribution in [0.1, 0.15) is 16.7 Å². The molecule has 0 spiro atoms. The van der Waals surface area contributed by atoms with Gasteiger partial charge >= 0.3 is 0 Å². The number of hydrogen-bond donors (Lipinski definition) is 0. The van der Waals surface area contributed by atoms with E-state index in [0.717, 1.165) is 16.8 Å². The molecule has 0 saturated heterocycles. The van der Waals surface area contributed by atoms with E-state index in [1.165, 1.54) is 16.7 Å². The van der Waals surface area contributed by atoms with E-state index in [4.69, 9.17) is 11.6 Å². The molecule has 0 unspecified atom stereocenters. The van der Waals surface area contributed by atoms with E-state index >= 15 is 0 Å². The molecule has 0 radical (unpaired) electrons. The van der Waals surface area contributed by atoms with Gasteiger partial charge in [-0.3, -0.25) is 0 Å². The fourth-order valence-corrected chi connectivity index (χ4v) is 2.82. The predicted molar refractivity (Wildman–Crippen MR) is 73.3 cm³/mol. The van der Waals surface area contributed by atoms with E-state index in [1.807, 2.05) is 18.2 Å². The Morgan fingerprint density at radius 3 is 2.38 bits per heavy atom. The van der Waals surface area contributed by atoms with Crippen LogP contribution < -0.4 is 0 Å². The zero-order chi connectivity index (χ0) is 11.4. The van der Waals surface area contributed by atoms with E-state index in [0.29, 0.717) is 0 Å². The monoisotopic (exact) mass is 294 g/mol. The Hall–Kier alpha value is -0.790. The van der Waals surface area contributed by atoms with Crippen LogP contribution in [-0.2, 0) is 11.8 Å². The summed E-state index contributed by atoms with van der Waals surface area (Å²) in [7, 11) is 0. The van der Waals surface area contributed by atoms with E-state index < -0.39 is 0 Å². The molecular weight excluding hydrogens is 284 g/mol. The largest absolute Gasteiger partial charge is 0.0876 e. The summed E-state index contributed by atoms with van der Waals surface area (Å²) < 4.78 is 0. The zero-order valence-electron chi connectivity index (χ0n) is 8.79. The molecule has 16 heavy (non-hydrogen) atoms. The highest BCUT2D eigenvalue weighted by Crippen LogP contribution is 2.24. The molecule has 0 N–H and O–H groups in total. The van der Waals surface area contributed by atoms with Crippen LogP contribution in [0.2, 0.25) is 5.02 Å². The van der Waals surface area contributed by atoms with Crippen molar-refractivity contribution in [3.05, 3.63) is 70.2 Å². The minimum atomic E-state index is 0.800. The Morgan fingerprint density at radius 2 is 1.69 bits per heavy atom. The van der Waals surface area contributed by atoms with Crippen LogP contribution in [0, 0.1) is 0 Å². The third kappa shape index (κ3) is 2.66. The summed E-state index contributed by atoms with van der Waals surface area (Å²) in [6, 6.07) is 16.5. The molecule has 0 nitrogen and oxygen atoms in total. The molecule has 0 aliphatic carbocycles. The summed E-state index contributed by atoms with van der Waals surface area (Å²) in [5, 5.41) is 1.64. The molecule has 2 aromatic rings. The van der Waals surface area contributed by atoms with Crippen LogP contribution in [0.3, 0.4) is 0 Å². The predicted octanol–water partition coefficient (Wildman–Crippen LogP) is 4.83. The van der Waals surface area contributed by atoms with Crippen LogP contribution in [0.15, 0.2) is 48.5 Å². The van der Waals surface area contributed by atoms with Gasteiger partial charge in [0.1, 0.15) is 0 Å². The van der Waals surface area contributed by atoms with Gasteiger partial charge in [-0.05, 0) is 29.2 Å². The lowest BCUT2D eigenvalue weighted by Gasteiger charge is -2.09. The maximum atomic E-state index is 6.17. The van der Waals surface area contributed by atoms with Crippen LogP contribution >= 0.6 is 27.5 Å². The van der Waals surface area contributed by atoms with Gasteiger partial charge in [-0.15, -0.1) is 0 Å². The molecule has 0 fully saturated rings. The smallest absolute Gasteiger partial charge is 0.0449 e. The first kappa shape index (κ1) is 11.7. The number of hydrogen-bond acceptors (Lipinski definition) is 0. The van der Waals surface area contributed by atoms with Gasteiger partial charge in [0.15, 0.2) is 0 Å². The second kappa shape index (κ2) is 5.51. The SMILES string of the molecule is Clc1cccc(Cc2ccccc2)c1CBr. The first-order valence-corrected chi connectivity index (χ1v) is 6.67. The lowest BCUT2D eigenvalue weighted by molar-refractivity contribution is 1.15. The van der Waals surface area contributed by atoms with Crippen molar-refractivity contribution < 1.29 is 0 Å². The zero-order valence-corrected chi connectivity index (χ0v) is 11.1. The van der Waals surface area contributed by atoms with Crippen molar-refractivity contribution >= 4 is 27.5 Å². The average Bonchev–Trinajstić information content (AvgIpc) is 2.31. The number of rotatable bonds is 3. The highest BCUT2D eigenvalue weighted by molar-refractivity contribution is 9.08. The molecule has 2 rings (SSSR count). The molecule has 2 aromatic carbocycles. The quantitative estimate of drug-likeness (QED) is 0.712. The molecule has 2 heteroatoms. The first-order chi connectivity index (χ1) is 7.81. The fraction of sp³-hybridized carbons (Fsp3) is 0.143. The number of alkyl halides is 1. The Kier molecular flexibility index (Phi) is 4.03. The minimum Gasteiger partial charge on any atom is -0.0876 e. The van der Waals surface area contributed by atoms with Crippen LogP contribution in [0.4, 0.5) is 0 Å². The topological polar surface area (TPSA) is 0 Å². The summed E-state index contributed by atoms with van der Waals surface area (Å²) in [5.74, 6) is 0. The molecule has 0 aliphatic heterocycles. The third-order valence-electron chi connectivity index (χ3n) is 2.59. The lowest BCUT2D eigenvalue weighted by atomic mass is 10.0. The van der Waals surface area contributed by atoms with E-state index in [2.05, 4.69) is 46.3 Å². The summed E-state index contributed by atoms with van der Waals surface area (Å²) in [4.78, 5) is 0. The van der Waals surface area contributed by atoms with Crippen LogP contribution in [0.25, 0.3) is 0 Å². The summed E-state index contributed by atoms with van der Waals surface area (Å²) in [6.07, 6.45) is 0.933. The van der Waals surface area contributed by atoms with Gasteiger partial charge in [-0.25, -0.2) is 0 Å². The third-order valence-corrected chi connectivity index (χ3v) is 3.50. The van der Waals surface area contributed by atoms with Crippen molar-refractivity contribution in [3.63, 3.8) is 0 Å². The van der Waals surface area contributed by atoms with Crippen LogP contribution in [-0.4, -0.2) is 0 Å². The molecule has 0 heterocycles. The number of benzene rings is 2. The van der Waals surface area contributed by atoms with E-state index in [9.17, 15) is 0 Å². The molecule has 0 amide bonds. The van der Waals surface area contributed by atoms with Crippen molar-refractivity contribution in [1.29, 1.82) is 0 Å². The van der Waals surface area contributed by atoms with E-state index in [1.54, 1.807) is 0 Å². The summed E-state index contributed by atoms with van der Waals surface area (Å²) in [6.45, 7) is 0. The van der Waals surface area contributed by atoms with Crippen molar-refractivity contribution in [3.8, 4) is 0 Å². The Balaban J connectivity index is 2.31. The molecule has 0 aliphatic rings. The maximum absolute atomic E-state index is 6.17. The number of halogens is 2. The molecule has 0 aromatic heterocycles. The summed E-state index contributed by atoms with van der Waals surface area (Å²) in [5.41, 5.74) is 3.79. The normalized spacial score (nSPS) is 10.4. The van der Waals surface area contributed by atoms with Crippen molar-refractivity contribution in [1.82, 2.24) is 0 Å². The van der Waals surface area contributed by atoms with Crippen molar-refractivity contribution in [2.45, 2.75) is 11.8 Å². The second-order valence-electron chi connectivity index (χ2n) is 3.67. The Morgan fingerprint density at radius 1 is 0.938 bits per heavy atom. The summed E-state index contributed by atoms with van der Waals surface area (Å²) >= 11 is 9.65. The fourth-order valence-electron chi connectivity index (χ4n) is 1.73. The standard InChI is InChI=1S/C14H12BrCl/c15-10-13-12(7-4-8-14(13)16)9-11-5-2-1-3-6-11/h1-8H,9-10H2. The van der Waals surface area contributed by atoms with Gasteiger partial charge in [0.05, 0.1) is 0 Å². The first-order valence-electron chi connectivity index (χ1n) is 5.17. The highest BCUT2D eigenvalue weighted by Gasteiger charge is 2.05. The maximum Gasteiger partial charge on any atom is 0.0449 e. The van der Waals surface area contributed by atoms with Crippen molar-refractivity contribution in [2.24, 2.45) is 0 Å².